The van der Waals surface area contributed by atoms with E-state index in [4.69, 9.17) is 9.47 Å². The van der Waals surface area contributed by atoms with E-state index in [1.807, 2.05) is 0 Å². The van der Waals surface area contributed by atoms with Crippen molar-refractivity contribution < 1.29 is 9.47 Å². The van der Waals surface area contributed by atoms with Crippen molar-refractivity contribution in [3.63, 3.8) is 0 Å². The number of nitrogens with one attached hydrogen (secondary N) is 1. The Morgan fingerprint density at radius 2 is 1.89 bits per heavy atom. The fraction of sp³-hybridized carbons (Fsp3) is 1.00. The molecule has 0 aliphatic carbocycles. The van der Waals surface area contributed by atoms with E-state index >= 15 is 0 Å². The van der Waals surface area contributed by atoms with Crippen LogP contribution in [0.15, 0.2) is 0 Å². The summed E-state index contributed by atoms with van der Waals surface area (Å²) in [5.74, 6) is 0.768. The number of ether oxygens (including phenoxy) is 2. The van der Waals surface area contributed by atoms with Crippen molar-refractivity contribution in [2.75, 3.05) is 19.8 Å². The minimum atomic E-state index is 0.117. The standard InChI is InChI=1S/C15H29NO2/c1-12(2)10-13(3)16-14-4-7-18-15(11-14)5-8-17-9-6-15/h12-14,16H,4-11H2,1-3H3. The Morgan fingerprint density at radius 1 is 1.17 bits per heavy atom. The summed E-state index contributed by atoms with van der Waals surface area (Å²) >= 11 is 0. The molecule has 0 bridgehead atoms. The van der Waals surface area contributed by atoms with E-state index in [9.17, 15) is 0 Å². The molecule has 3 nitrogen and oxygen atoms in total. The summed E-state index contributed by atoms with van der Waals surface area (Å²) in [6, 6.07) is 1.25. The van der Waals surface area contributed by atoms with E-state index < -0.39 is 0 Å². The van der Waals surface area contributed by atoms with Crippen molar-refractivity contribution in [3.8, 4) is 0 Å². The van der Waals surface area contributed by atoms with Crippen LogP contribution in [0.5, 0.6) is 0 Å². The molecule has 18 heavy (non-hydrogen) atoms. The molecule has 2 rings (SSSR count). The molecule has 0 aromatic rings. The summed E-state index contributed by atoms with van der Waals surface area (Å²) in [7, 11) is 0. The maximum Gasteiger partial charge on any atom is 0.0741 e. The van der Waals surface area contributed by atoms with E-state index in [2.05, 4.69) is 26.1 Å². The zero-order valence-corrected chi connectivity index (χ0v) is 12.2. The lowest BCUT2D eigenvalue weighted by Gasteiger charge is -2.44. The summed E-state index contributed by atoms with van der Waals surface area (Å²) in [4.78, 5) is 0. The maximum atomic E-state index is 6.08. The Hall–Kier alpha value is -0.120. The first-order valence-corrected chi connectivity index (χ1v) is 7.57. The van der Waals surface area contributed by atoms with Gasteiger partial charge in [-0.2, -0.15) is 0 Å². The van der Waals surface area contributed by atoms with Crippen molar-refractivity contribution in [1.82, 2.24) is 5.32 Å². The minimum Gasteiger partial charge on any atom is -0.381 e. The zero-order valence-electron chi connectivity index (χ0n) is 12.2. The predicted molar refractivity (Wildman–Crippen MR) is 73.8 cm³/mol. The lowest BCUT2D eigenvalue weighted by molar-refractivity contribution is -0.140. The molecule has 106 valence electrons. The number of hydrogen-bond donors (Lipinski definition) is 1. The van der Waals surface area contributed by atoms with Gasteiger partial charge in [-0.05, 0) is 44.9 Å². The zero-order chi connectivity index (χ0) is 13.0. The van der Waals surface area contributed by atoms with Gasteiger partial charge < -0.3 is 14.8 Å². The molecule has 3 heteroatoms. The van der Waals surface area contributed by atoms with E-state index in [0.717, 1.165) is 45.0 Å². The van der Waals surface area contributed by atoms with Crippen molar-refractivity contribution in [3.05, 3.63) is 0 Å². The fourth-order valence-corrected chi connectivity index (χ4v) is 3.44. The quantitative estimate of drug-likeness (QED) is 0.838. The first-order valence-electron chi connectivity index (χ1n) is 7.57. The average Bonchev–Trinajstić information content (AvgIpc) is 2.28. The molecule has 2 aliphatic rings. The molecule has 0 amide bonds. The fourth-order valence-electron chi connectivity index (χ4n) is 3.44. The molecular weight excluding hydrogens is 226 g/mol. The monoisotopic (exact) mass is 255 g/mol. The highest BCUT2D eigenvalue weighted by atomic mass is 16.5. The molecule has 0 aromatic carbocycles. The van der Waals surface area contributed by atoms with Crippen molar-refractivity contribution in [2.24, 2.45) is 5.92 Å². The van der Waals surface area contributed by atoms with Gasteiger partial charge in [-0.3, -0.25) is 0 Å². The van der Waals surface area contributed by atoms with Gasteiger partial charge in [0.25, 0.3) is 0 Å². The van der Waals surface area contributed by atoms with Crippen LogP contribution in [-0.4, -0.2) is 37.5 Å². The van der Waals surface area contributed by atoms with Crippen LogP contribution in [0.3, 0.4) is 0 Å². The minimum absolute atomic E-state index is 0.117. The SMILES string of the molecule is CC(C)CC(C)NC1CCOC2(CCOCC2)C1. The van der Waals surface area contributed by atoms with Gasteiger partial charge in [0.05, 0.1) is 5.60 Å². The molecule has 0 saturated carbocycles. The van der Waals surface area contributed by atoms with Crippen molar-refractivity contribution in [2.45, 2.75) is 70.6 Å². The van der Waals surface area contributed by atoms with Gasteiger partial charge in [-0.25, -0.2) is 0 Å². The third-order valence-corrected chi connectivity index (χ3v) is 4.24. The lowest BCUT2D eigenvalue weighted by atomic mass is 9.83. The highest BCUT2D eigenvalue weighted by Crippen LogP contribution is 2.34. The molecule has 1 spiro atoms. The van der Waals surface area contributed by atoms with E-state index in [0.29, 0.717) is 12.1 Å². The Bertz CT molecular complexity index is 243. The maximum absolute atomic E-state index is 6.08. The van der Waals surface area contributed by atoms with Crippen molar-refractivity contribution in [1.29, 1.82) is 0 Å². The third kappa shape index (κ3) is 3.94. The van der Waals surface area contributed by atoms with Gasteiger partial charge in [-0.1, -0.05) is 13.8 Å². The highest BCUT2D eigenvalue weighted by Gasteiger charge is 2.39. The van der Waals surface area contributed by atoms with Gasteiger partial charge in [0.1, 0.15) is 0 Å². The van der Waals surface area contributed by atoms with Crippen LogP contribution < -0.4 is 5.32 Å². The first-order chi connectivity index (χ1) is 8.60. The molecule has 2 saturated heterocycles. The Labute approximate surface area is 112 Å². The summed E-state index contributed by atoms with van der Waals surface area (Å²) in [6.07, 6.45) is 5.73. The number of rotatable bonds is 4. The largest absolute Gasteiger partial charge is 0.381 e. The second kappa shape index (κ2) is 6.36. The molecule has 2 heterocycles. The molecule has 2 unspecified atom stereocenters. The van der Waals surface area contributed by atoms with Gasteiger partial charge in [0.2, 0.25) is 0 Å². The molecule has 2 atom stereocenters. The highest BCUT2D eigenvalue weighted by molar-refractivity contribution is 4.92. The molecule has 0 radical (unpaired) electrons. The summed E-state index contributed by atoms with van der Waals surface area (Å²) < 4.78 is 11.5. The van der Waals surface area contributed by atoms with Crippen LogP contribution in [0.4, 0.5) is 0 Å². The van der Waals surface area contributed by atoms with Crippen molar-refractivity contribution >= 4 is 0 Å². The van der Waals surface area contributed by atoms with E-state index in [-0.39, 0.29) is 5.60 Å². The molecule has 0 aromatic heterocycles. The van der Waals surface area contributed by atoms with Crippen LogP contribution in [0.2, 0.25) is 0 Å². The number of hydrogen-bond acceptors (Lipinski definition) is 3. The Balaban J connectivity index is 1.82. The molecule has 1 N–H and O–H groups in total. The van der Waals surface area contributed by atoms with Gasteiger partial charge in [0.15, 0.2) is 0 Å². The van der Waals surface area contributed by atoms with E-state index in [1.54, 1.807) is 0 Å². The second-order valence-corrected chi connectivity index (χ2v) is 6.53. The van der Waals surface area contributed by atoms with Gasteiger partial charge in [-0.15, -0.1) is 0 Å². The van der Waals surface area contributed by atoms with E-state index in [1.165, 1.54) is 12.8 Å². The Morgan fingerprint density at radius 3 is 2.56 bits per heavy atom. The van der Waals surface area contributed by atoms with Crippen LogP contribution in [0.1, 0.15) is 52.9 Å². The second-order valence-electron chi connectivity index (χ2n) is 6.53. The first kappa shape index (κ1) is 14.3. The van der Waals surface area contributed by atoms with Gasteiger partial charge >= 0.3 is 0 Å². The van der Waals surface area contributed by atoms with Crippen LogP contribution in [0, 0.1) is 5.92 Å². The third-order valence-electron chi connectivity index (χ3n) is 4.24. The topological polar surface area (TPSA) is 30.5 Å². The molecule has 2 aliphatic heterocycles. The Kier molecular flexibility index (Phi) is 5.05. The van der Waals surface area contributed by atoms with Crippen LogP contribution in [0.25, 0.3) is 0 Å². The summed E-state index contributed by atoms with van der Waals surface area (Å²) in [6.45, 7) is 9.55. The molecule has 2 fully saturated rings. The van der Waals surface area contributed by atoms with Gasteiger partial charge in [0, 0.05) is 31.9 Å². The van der Waals surface area contributed by atoms with Crippen LogP contribution in [-0.2, 0) is 9.47 Å². The smallest absolute Gasteiger partial charge is 0.0741 e. The average molecular weight is 255 g/mol. The van der Waals surface area contributed by atoms with Crippen LogP contribution >= 0.6 is 0 Å². The molecular formula is C15H29NO2. The summed E-state index contributed by atoms with van der Waals surface area (Å²) in [5.41, 5.74) is 0.117. The normalized spacial score (nSPS) is 29.7. The lowest BCUT2D eigenvalue weighted by Crippen LogP contribution is -2.51. The predicted octanol–water partition coefficient (Wildman–Crippen LogP) is 2.74. The summed E-state index contributed by atoms with van der Waals surface area (Å²) in [5, 5.41) is 3.80.